The zero-order valence-corrected chi connectivity index (χ0v) is 22.2. The van der Waals surface area contributed by atoms with Crippen LogP contribution in [0.15, 0.2) is 48.5 Å². The van der Waals surface area contributed by atoms with Crippen molar-refractivity contribution in [2.24, 2.45) is 0 Å². The van der Waals surface area contributed by atoms with Gasteiger partial charge in [0.2, 0.25) is 0 Å². The predicted molar refractivity (Wildman–Crippen MR) is 147 cm³/mol. The molecule has 7 heteroatoms. The second kappa shape index (κ2) is 9.78. The summed E-state index contributed by atoms with van der Waals surface area (Å²) in [6, 6.07) is 15.8. The third kappa shape index (κ3) is 4.51. The highest BCUT2D eigenvalue weighted by molar-refractivity contribution is 5.83. The Morgan fingerprint density at radius 2 is 1.87 bits per heavy atom. The van der Waals surface area contributed by atoms with Crippen molar-refractivity contribution in [2.45, 2.75) is 52.6 Å². The van der Waals surface area contributed by atoms with Crippen LogP contribution in [0.25, 0.3) is 22.2 Å². The van der Waals surface area contributed by atoms with Gasteiger partial charge in [-0.25, -0.2) is 14.2 Å². The monoisotopic (exact) mass is 512 g/mol. The highest BCUT2D eigenvalue weighted by atomic mass is 19.1. The first kappa shape index (κ1) is 24.5. The summed E-state index contributed by atoms with van der Waals surface area (Å²) in [6.07, 6.45) is 2.91. The van der Waals surface area contributed by atoms with E-state index in [1.165, 1.54) is 6.07 Å². The molecule has 4 aromatic rings. The van der Waals surface area contributed by atoms with Crippen LogP contribution in [0, 0.1) is 26.6 Å². The maximum atomic E-state index is 14.0. The number of aryl methyl sites for hydroxylation is 3. The Kier molecular flexibility index (Phi) is 6.30. The van der Waals surface area contributed by atoms with Gasteiger partial charge in [0.1, 0.15) is 24.0 Å². The van der Waals surface area contributed by atoms with Gasteiger partial charge in [0.15, 0.2) is 0 Å². The van der Waals surface area contributed by atoms with E-state index in [2.05, 4.69) is 41.2 Å². The van der Waals surface area contributed by atoms with E-state index >= 15 is 0 Å². The molecule has 196 valence electrons. The predicted octanol–water partition coefficient (Wildman–Crippen LogP) is 6.84. The summed E-state index contributed by atoms with van der Waals surface area (Å²) in [4.78, 5) is 25.7. The summed E-state index contributed by atoms with van der Waals surface area (Å²) >= 11 is 0. The van der Waals surface area contributed by atoms with Crippen molar-refractivity contribution in [2.75, 3.05) is 19.7 Å². The molecule has 1 unspecified atom stereocenters. The number of carbonyl (C=O) groups is 1. The lowest BCUT2D eigenvalue weighted by atomic mass is 9.94. The van der Waals surface area contributed by atoms with Crippen molar-refractivity contribution < 1.29 is 13.9 Å². The molecule has 2 aliphatic heterocycles. The number of fused-ring (bicyclic) bond motifs is 2. The molecule has 0 aliphatic carbocycles. The fourth-order valence-corrected chi connectivity index (χ4v) is 5.92. The van der Waals surface area contributed by atoms with Crippen LogP contribution < -0.4 is 4.74 Å². The van der Waals surface area contributed by atoms with Crippen LogP contribution in [0.1, 0.15) is 53.4 Å². The van der Waals surface area contributed by atoms with Crippen molar-refractivity contribution in [1.82, 2.24) is 19.8 Å². The maximum absolute atomic E-state index is 14.0. The molecule has 6 nitrogen and oxygen atoms in total. The number of H-pyrrole nitrogens is 1. The molecule has 3 aromatic carbocycles. The van der Waals surface area contributed by atoms with Crippen LogP contribution in [0.2, 0.25) is 0 Å². The average molecular weight is 513 g/mol. The van der Waals surface area contributed by atoms with Gasteiger partial charge in [-0.15, -0.1) is 0 Å². The number of hydrogen-bond acceptors (Lipinski definition) is 3. The Hall–Kier alpha value is -3.87. The average Bonchev–Trinajstić information content (AvgIpc) is 3.15. The highest BCUT2D eigenvalue weighted by Gasteiger charge is 2.32. The third-order valence-corrected chi connectivity index (χ3v) is 7.84. The minimum atomic E-state index is -0.211. The van der Waals surface area contributed by atoms with Crippen LogP contribution in [-0.4, -0.2) is 45.5 Å². The third-order valence-electron chi connectivity index (χ3n) is 7.84. The number of urea groups is 1. The summed E-state index contributed by atoms with van der Waals surface area (Å²) < 4.78 is 20.1. The number of likely N-dealkylation sites (tertiary alicyclic amines) is 1. The van der Waals surface area contributed by atoms with E-state index in [0.29, 0.717) is 31.8 Å². The lowest BCUT2D eigenvalue weighted by molar-refractivity contribution is 0.110. The SMILES string of the molecule is Cc1nc2ccc(-c3cc(C)c4c(c3)CN(C(=O)N3CCCCC3c3ccc(F)c(C)c3)CCO4)cc2[nH]1. The molecule has 1 atom stereocenters. The summed E-state index contributed by atoms with van der Waals surface area (Å²) in [5.74, 6) is 1.55. The molecule has 0 bridgehead atoms. The Labute approximate surface area is 222 Å². The van der Waals surface area contributed by atoms with Crippen molar-refractivity contribution in [1.29, 1.82) is 0 Å². The molecule has 1 saturated heterocycles. The van der Waals surface area contributed by atoms with E-state index < -0.39 is 0 Å². The number of nitrogens with zero attached hydrogens (tertiary/aromatic N) is 3. The number of carbonyl (C=O) groups excluding carboxylic acids is 1. The number of rotatable bonds is 2. The number of benzene rings is 3. The van der Waals surface area contributed by atoms with Gasteiger partial charge in [-0.1, -0.05) is 18.2 Å². The molecule has 6 rings (SSSR count). The number of imidazole rings is 1. The number of ether oxygens (including phenoxy) is 1. The van der Waals surface area contributed by atoms with Gasteiger partial charge in [0.05, 0.1) is 30.2 Å². The first-order chi connectivity index (χ1) is 18.4. The van der Waals surface area contributed by atoms with Crippen LogP contribution in [-0.2, 0) is 6.54 Å². The number of halogens is 1. The number of nitrogens with one attached hydrogen (secondary N) is 1. The topological polar surface area (TPSA) is 61.5 Å². The fourth-order valence-electron chi connectivity index (χ4n) is 5.92. The smallest absolute Gasteiger partial charge is 0.320 e. The van der Waals surface area contributed by atoms with Gasteiger partial charge < -0.3 is 19.5 Å². The van der Waals surface area contributed by atoms with Gasteiger partial charge in [0.25, 0.3) is 0 Å². The molecule has 0 saturated carbocycles. The van der Waals surface area contributed by atoms with Crippen molar-refractivity contribution in [3.8, 4) is 16.9 Å². The molecular formula is C31H33FN4O2. The highest BCUT2D eigenvalue weighted by Crippen LogP contribution is 2.36. The number of aromatic amines is 1. The summed E-state index contributed by atoms with van der Waals surface area (Å²) in [6.45, 7) is 7.96. The van der Waals surface area contributed by atoms with Crippen LogP contribution in [0.4, 0.5) is 9.18 Å². The van der Waals surface area contributed by atoms with Crippen molar-refractivity contribution >= 4 is 17.1 Å². The molecule has 1 fully saturated rings. The number of hydrogen-bond donors (Lipinski definition) is 1. The molecule has 2 aliphatic rings. The van der Waals surface area contributed by atoms with Crippen LogP contribution in [0.3, 0.4) is 0 Å². The van der Waals surface area contributed by atoms with E-state index in [9.17, 15) is 9.18 Å². The molecule has 38 heavy (non-hydrogen) atoms. The first-order valence-electron chi connectivity index (χ1n) is 13.4. The van der Waals surface area contributed by atoms with Crippen LogP contribution in [0.5, 0.6) is 5.75 Å². The van der Waals surface area contributed by atoms with E-state index in [1.807, 2.05) is 34.9 Å². The molecule has 1 aromatic heterocycles. The minimum absolute atomic E-state index is 0.0190. The Balaban J connectivity index is 1.30. The normalized spacial score (nSPS) is 17.7. The number of piperidine rings is 1. The second-order valence-corrected chi connectivity index (χ2v) is 10.6. The van der Waals surface area contributed by atoms with Gasteiger partial charge in [-0.3, -0.25) is 0 Å². The Bertz CT molecular complexity index is 1530. The van der Waals surface area contributed by atoms with E-state index in [0.717, 1.165) is 69.7 Å². The summed E-state index contributed by atoms with van der Waals surface area (Å²) in [5, 5.41) is 0. The number of amides is 2. The molecule has 3 heterocycles. The summed E-state index contributed by atoms with van der Waals surface area (Å²) in [5.41, 5.74) is 7.83. The lowest BCUT2D eigenvalue weighted by Crippen LogP contribution is -2.47. The molecule has 0 radical (unpaired) electrons. The van der Waals surface area contributed by atoms with E-state index in [-0.39, 0.29) is 17.9 Å². The molecule has 0 spiro atoms. The largest absolute Gasteiger partial charge is 0.491 e. The van der Waals surface area contributed by atoms with Gasteiger partial charge in [-0.2, -0.15) is 0 Å². The summed E-state index contributed by atoms with van der Waals surface area (Å²) in [7, 11) is 0. The van der Waals surface area contributed by atoms with Crippen molar-refractivity contribution in [3.05, 3.63) is 82.4 Å². The zero-order valence-electron chi connectivity index (χ0n) is 22.2. The Morgan fingerprint density at radius 1 is 1.00 bits per heavy atom. The minimum Gasteiger partial charge on any atom is -0.491 e. The second-order valence-electron chi connectivity index (χ2n) is 10.6. The van der Waals surface area contributed by atoms with Crippen molar-refractivity contribution in [3.63, 3.8) is 0 Å². The molecule has 2 amide bonds. The van der Waals surface area contributed by atoms with E-state index in [4.69, 9.17) is 4.74 Å². The standard InChI is InChI=1S/C31H33FN4O2/c1-19-14-23(7-9-26(19)32)29-6-4-5-11-36(29)31(37)35-12-13-38-30-20(2)15-24(16-25(30)18-35)22-8-10-27-28(17-22)34-21(3)33-27/h7-10,14-17,29H,4-6,11-13,18H2,1-3H3,(H,33,34). The van der Waals surface area contributed by atoms with Gasteiger partial charge in [0, 0.05) is 12.1 Å². The Morgan fingerprint density at radius 3 is 2.71 bits per heavy atom. The lowest BCUT2D eigenvalue weighted by Gasteiger charge is -2.39. The maximum Gasteiger partial charge on any atom is 0.320 e. The quantitative estimate of drug-likeness (QED) is 0.320. The molecule has 1 N–H and O–H groups in total. The number of aromatic nitrogens is 2. The van der Waals surface area contributed by atoms with E-state index in [1.54, 1.807) is 6.92 Å². The fraction of sp³-hybridized carbons (Fsp3) is 0.355. The zero-order chi connectivity index (χ0) is 26.4. The van der Waals surface area contributed by atoms with Gasteiger partial charge >= 0.3 is 6.03 Å². The molecular weight excluding hydrogens is 479 g/mol. The first-order valence-corrected chi connectivity index (χ1v) is 13.4. The van der Waals surface area contributed by atoms with Gasteiger partial charge in [-0.05, 0) is 98.2 Å². The van der Waals surface area contributed by atoms with Crippen LogP contribution >= 0.6 is 0 Å².